The van der Waals surface area contributed by atoms with E-state index in [1.54, 1.807) is 12.1 Å². The van der Waals surface area contributed by atoms with Crippen LogP contribution in [0.5, 0.6) is 0 Å². The number of rotatable bonds is 5. The number of nitro benzene ring substituents is 1. The van der Waals surface area contributed by atoms with E-state index in [0.29, 0.717) is 23.6 Å². The number of carbonyl (C=O) groups is 1. The second-order valence-corrected chi connectivity index (χ2v) is 7.17. The normalized spacial score (nSPS) is 16.2. The van der Waals surface area contributed by atoms with Crippen LogP contribution < -0.4 is 4.90 Å². The Morgan fingerprint density at radius 1 is 1.04 bits per heavy atom. The average molecular weight is 367 g/mol. The molecule has 1 fully saturated rings. The fourth-order valence-electron chi connectivity index (χ4n) is 3.61. The van der Waals surface area contributed by atoms with Crippen molar-refractivity contribution < 1.29 is 9.72 Å². The van der Waals surface area contributed by atoms with Gasteiger partial charge in [0.25, 0.3) is 5.69 Å². The fraction of sp³-hybridized carbons (Fsp3) is 0.381. The van der Waals surface area contributed by atoms with Crippen LogP contribution in [-0.4, -0.2) is 42.3 Å². The molecular weight excluding hydrogens is 342 g/mol. The molecule has 0 saturated carbocycles. The van der Waals surface area contributed by atoms with Gasteiger partial charge in [0.1, 0.15) is 12.0 Å². The van der Waals surface area contributed by atoms with Crippen molar-refractivity contribution in [3.63, 3.8) is 0 Å². The smallest absolute Gasteiger partial charge is 0.293 e. The molecule has 0 N–H and O–H groups in total. The van der Waals surface area contributed by atoms with E-state index < -0.39 is 4.92 Å². The topological polar surface area (TPSA) is 66.7 Å². The van der Waals surface area contributed by atoms with Gasteiger partial charge < -0.3 is 4.90 Å². The van der Waals surface area contributed by atoms with Crippen molar-refractivity contribution in [1.29, 1.82) is 0 Å². The lowest BCUT2D eigenvalue weighted by Gasteiger charge is -2.39. The van der Waals surface area contributed by atoms with Crippen LogP contribution in [0.1, 0.15) is 40.0 Å². The quantitative estimate of drug-likeness (QED) is 0.455. The van der Waals surface area contributed by atoms with Crippen molar-refractivity contribution in [2.45, 2.75) is 26.8 Å². The third-order valence-electron chi connectivity index (χ3n) is 5.55. The van der Waals surface area contributed by atoms with Crippen molar-refractivity contribution in [2.75, 3.05) is 31.1 Å². The lowest BCUT2D eigenvalue weighted by molar-refractivity contribution is -0.384. The number of piperazine rings is 1. The van der Waals surface area contributed by atoms with Crippen LogP contribution in [0.3, 0.4) is 0 Å². The van der Waals surface area contributed by atoms with Gasteiger partial charge in [0, 0.05) is 43.9 Å². The minimum atomic E-state index is -0.410. The molecule has 0 spiro atoms. The van der Waals surface area contributed by atoms with Crippen LogP contribution in [0.4, 0.5) is 11.4 Å². The van der Waals surface area contributed by atoms with Gasteiger partial charge in [-0.3, -0.25) is 19.8 Å². The standard InChI is InChI=1S/C21H25N3O3/c1-15-4-6-19(12-16(15)2)17(3)22-8-10-23(11-9-22)20-7-5-18(14-25)13-21(20)24(26)27/h4-7,12-14,17H,8-11H2,1-3H3. The first kappa shape index (κ1) is 19.0. The molecule has 0 bridgehead atoms. The molecule has 1 saturated heterocycles. The minimum Gasteiger partial charge on any atom is -0.363 e. The predicted molar refractivity (Wildman–Crippen MR) is 107 cm³/mol. The molecule has 1 unspecified atom stereocenters. The minimum absolute atomic E-state index is 0.00439. The Morgan fingerprint density at radius 3 is 2.33 bits per heavy atom. The van der Waals surface area contributed by atoms with Gasteiger partial charge in [-0.25, -0.2) is 0 Å². The summed E-state index contributed by atoms with van der Waals surface area (Å²) in [5.74, 6) is 0. The third-order valence-corrected chi connectivity index (χ3v) is 5.55. The second kappa shape index (κ2) is 7.88. The molecule has 1 atom stereocenters. The average Bonchev–Trinajstić information content (AvgIpc) is 2.69. The lowest BCUT2D eigenvalue weighted by atomic mass is 10.0. The van der Waals surface area contributed by atoms with Gasteiger partial charge in [-0.15, -0.1) is 0 Å². The predicted octanol–water partition coefficient (Wildman–Crippen LogP) is 3.91. The largest absolute Gasteiger partial charge is 0.363 e. The SMILES string of the molecule is Cc1ccc(C(C)N2CCN(c3ccc(C=O)cc3[N+](=O)[O-])CC2)cc1C. The van der Waals surface area contributed by atoms with E-state index in [-0.39, 0.29) is 5.69 Å². The summed E-state index contributed by atoms with van der Waals surface area (Å²) in [5.41, 5.74) is 4.80. The summed E-state index contributed by atoms with van der Waals surface area (Å²) in [4.78, 5) is 26.4. The molecule has 1 aliphatic rings. The first-order chi connectivity index (χ1) is 12.9. The number of hydrogen-bond donors (Lipinski definition) is 0. The molecule has 0 radical (unpaired) electrons. The number of anilines is 1. The maximum Gasteiger partial charge on any atom is 0.293 e. The number of benzene rings is 2. The van der Waals surface area contributed by atoms with Crippen LogP contribution in [-0.2, 0) is 0 Å². The van der Waals surface area contributed by atoms with Gasteiger partial charge >= 0.3 is 0 Å². The molecule has 6 nitrogen and oxygen atoms in total. The van der Waals surface area contributed by atoms with Crippen LogP contribution >= 0.6 is 0 Å². The first-order valence-corrected chi connectivity index (χ1v) is 9.20. The number of nitro groups is 1. The summed E-state index contributed by atoms with van der Waals surface area (Å²) in [7, 11) is 0. The Balaban J connectivity index is 1.72. The molecule has 0 amide bonds. The molecule has 2 aromatic rings. The molecule has 0 aromatic heterocycles. The monoisotopic (exact) mass is 367 g/mol. The van der Waals surface area contributed by atoms with Crippen LogP contribution in [0.15, 0.2) is 36.4 Å². The highest BCUT2D eigenvalue weighted by atomic mass is 16.6. The van der Waals surface area contributed by atoms with Gasteiger partial charge in [-0.1, -0.05) is 18.2 Å². The van der Waals surface area contributed by atoms with E-state index in [0.717, 1.165) is 26.2 Å². The molecule has 2 aromatic carbocycles. The molecule has 142 valence electrons. The summed E-state index contributed by atoms with van der Waals surface area (Å²) in [6.45, 7) is 9.56. The Kier molecular flexibility index (Phi) is 5.56. The Hall–Kier alpha value is -2.73. The summed E-state index contributed by atoms with van der Waals surface area (Å²) in [6.07, 6.45) is 0.639. The molecule has 27 heavy (non-hydrogen) atoms. The molecule has 1 heterocycles. The molecular formula is C21H25N3O3. The Bertz CT molecular complexity index is 858. The first-order valence-electron chi connectivity index (χ1n) is 9.20. The Labute approximate surface area is 159 Å². The molecule has 6 heteroatoms. The highest BCUT2D eigenvalue weighted by Crippen LogP contribution is 2.31. The number of nitrogens with zero attached hydrogens (tertiary/aromatic N) is 3. The van der Waals surface area contributed by atoms with Gasteiger partial charge in [0.05, 0.1) is 4.92 Å². The summed E-state index contributed by atoms with van der Waals surface area (Å²) in [6, 6.07) is 11.6. The Morgan fingerprint density at radius 2 is 1.74 bits per heavy atom. The highest BCUT2D eigenvalue weighted by Gasteiger charge is 2.26. The van der Waals surface area contributed by atoms with E-state index >= 15 is 0 Å². The van der Waals surface area contributed by atoms with Crippen molar-refractivity contribution in [2.24, 2.45) is 0 Å². The molecule has 3 rings (SSSR count). The fourth-order valence-corrected chi connectivity index (χ4v) is 3.61. The summed E-state index contributed by atoms with van der Waals surface area (Å²) >= 11 is 0. The van der Waals surface area contributed by atoms with Crippen LogP contribution in [0, 0.1) is 24.0 Å². The van der Waals surface area contributed by atoms with Crippen molar-refractivity contribution in [3.8, 4) is 0 Å². The molecule has 1 aliphatic heterocycles. The molecule has 0 aliphatic carbocycles. The zero-order valence-electron chi connectivity index (χ0n) is 16.0. The second-order valence-electron chi connectivity index (χ2n) is 7.17. The number of carbonyl (C=O) groups excluding carboxylic acids is 1. The van der Waals surface area contributed by atoms with Gasteiger partial charge in [-0.05, 0) is 49.6 Å². The van der Waals surface area contributed by atoms with Gasteiger partial charge in [0.15, 0.2) is 0 Å². The van der Waals surface area contributed by atoms with Crippen LogP contribution in [0.25, 0.3) is 0 Å². The highest BCUT2D eigenvalue weighted by molar-refractivity contribution is 5.79. The third kappa shape index (κ3) is 4.01. The number of aldehydes is 1. The van der Waals surface area contributed by atoms with E-state index in [2.05, 4.69) is 43.9 Å². The zero-order valence-corrected chi connectivity index (χ0v) is 16.0. The summed E-state index contributed by atoms with van der Waals surface area (Å²) in [5, 5.41) is 11.4. The zero-order chi connectivity index (χ0) is 19.6. The number of aryl methyl sites for hydroxylation is 2. The van der Waals surface area contributed by atoms with Crippen molar-refractivity contribution >= 4 is 17.7 Å². The van der Waals surface area contributed by atoms with Crippen molar-refractivity contribution in [1.82, 2.24) is 4.90 Å². The summed E-state index contributed by atoms with van der Waals surface area (Å²) < 4.78 is 0. The van der Waals surface area contributed by atoms with E-state index in [1.165, 1.54) is 22.8 Å². The maximum atomic E-state index is 11.4. The van der Waals surface area contributed by atoms with Gasteiger partial charge in [0.2, 0.25) is 0 Å². The lowest BCUT2D eigenvalue weighted by Crippen LogP contribution is -2.47. The van der Waals surface area contributed by atoms with Crippen LogP contribution in [0.2, 0.25) is 0 Å². The van der Waals surface area contributed by atoms with E-state index in [9.17, 15) is 14.9 Å². The van der Waals surface area contributed by atoms with Gasteiger partial charge in [-0.2, -0.15) is 0 Å². The van der Waals surface area contributed by atoms with E-state index in [4.69, 9.17) is 0 Å². The maximum absolute atomic E-state index is 11.4. The number of hydrogen-bond acceptors (Lipinski definition) is 5. The van der Waals surface area contributed by atoms with E-state index in [1.807, 2.05) is 4.90 Å². The van der Waals surface area contributed by atoms with Crippen molar-refractivity contribution in [3.05, 3.63) is 68.8 Å².